The highest BCUT2D eigenvalue weighted by Gasteiger charge is 2.30. The van der Waals surface area contributed by atoms with Crippen LogP contribution < -0.4 is 4.74 Å². The van der Waals surface area contributed by atoms with Crippen molar-refractivity contribution in [3.8, 4) is 5.75 Å². The van der Waals surface area contributed by atoms with Gasteiger partial charge in [-0.1, -0.05) is 18.6 Å². The Kier molecular flexibility index (Phi) is 7.40. The number of methoxy groups -OCH3 is 1. The molecule has 2 saturated heterocycles. The minimum Gasteiger partial charge on any atom is -0.497 e. The molecule has 4 rings (SSSR count). The van der Waals surface area contributed by atoms with Gasteiger partial charge in [0, 0.05) is 45.8 Å². The van der Waals surface area contributed by atoms with E-state index in [0.717, 1.165) is 37.1 Å². The van der Waals surface area contributed by atoms with Crippen LogP contribution in [0.15, 0.2) is 58.3 Å². The number of rotatable bonds is 7. The van der Waals surface area contributed by atoms with Crippen LogP contribution in [-0.2, 0) is 26.6 Å². The van der Waals surface area contributed by atoms with Gasteiger partial charge in [0.1, 0.15) is 5.75 Å². The first-order valence-corrected chi connectivity index (χ1v) is 14.1. The molecule has 0 unspecified atom stereocenters. The summed E-state index contributed by atoms with van der Waals surface area (Å²) in [6, 6.07) is 13.5. The summed E-state index contributed by atoms with van der Waals surface area (Å²) in [5.74, 6) is 0.805. The van der Waals surface area contributed by atoms with Gasteiger partial charge in [0.05, 0.1) is 16.9 Å². The summed E-state index contributed by atoms with van der Waals surface area (Å²) >= 11 is 0. The van der Waals surface area contributed by atoms with Crippen molar-refractivity contribution in [1.82, 2.24) is 13.5 Å². The Hall–Kier alpha value is -1.98. The SMILES string of the molecule is COc1cccc(CN2CCN(S(=O)(=O)c3ccc(S(=O)(=O)N4CCCCC4)cc3)CC2)c1. The molecule has 33 heavy (non-hydrogen) atoms. The molecule has 2 aliphatic heterocycles. The highest BCUT2D eigenvalue weighted by Crippen LogP contribution is 2.24. The Bertz CT molecular complexity index is 1150. The molecule has 0 N–H and O–H groups in total. The van der Waals surface area contributed by atoms with Crippen molar-refractivity contribution in [2.75, 3.05) is 46.4 Å². The van der Waals surface area contributed by atoms with E-state index < -0.39 is 20.0 Å². The van der Waals surface area contributed by atoms with E-state index in [-0.39, 0.29) is 9.79 Å². The van der Waals surface area contributed by atoms with Gasteiger partial charge >= 0.3 is 0 Å². The topological polar surface area (TPSA) is 87.2 Å². The minimum atomic E-state index is -3.68. The number of benzene rings is 2. The fraction of sp³-hybridized carbons (Fsp3) is 0.478. The van der Waals surface area contributed by atoms with E-state index in [0.29, 0.717) is 39.3 Å². The number of hydrogen-bond acceptors (Lipinski definition) is 6. The highest BCUT2D eigenvalue weighted by molar-refractivity contribution is 7.89. The summed E-state index contributed by atoms with van der Waals surface area (Å²) in [5, 5.41) is 0. The van der Waals surface area contributed by atoms with Crippen LogP contribution in [0.2, 0.25) is 0 Å². The van der Waals surface area contributed by atoms with Gasteiger partial charge in [-0.15, -0.1) is 0 Å². The van der Waals surface area contributed by atoms with Crippen molar-refractivity contribution in [3.05, 3.63) is 54.1 Å². The van der Waals surface area contributed by atoms with E-state index in [4.69, 9.17) is 4.74 Å². The first-order chi connectivity index (χ1) is 15.8. The average molecular weight is 494 g/mol. The minimum absolute atomic E-state index is 0.126. The third kappa shape index (κ3) is 5.41. The first-order valence-electron chi connectivity index (χ1n) is 11.3. The summed E-state index contributed by atoms with van der Waals surface area (Å²) in [6.07, 6.45) is 2.75. The van der Waals surface area contributed by atoms with Crippen LogP contribution in [0.1, 0.15) is 24.8 Å². The van der Waals surface area contributed by atoms with Crippen LogP contribution in [0.3, 0.4) is 0 Å². The van der Waals surface area contributed by atoms with Crippen molar-refractivity contribution in [3.63, 3.8) is 0 Å². The van der Waals surface area contributed by atoms with E-state index in [1.54, 1.807) is 7.11 Å². The van der Waals surface area contributed by atoms with Crippen molar-refractivity contribution in [2.45, 2.75) is 35.6 Å². The molecule has 180 valence electrons. The molecule has 0 aliphatic carbocycles. The predicted octanol–water partition coefficient (Wildman–Crippen LogP) is 2.38. The smallest absolute Gasteiger partial charge is 0.243 e. The zero-order chi connectivity index (χ0) is 23.5. The number of hydrogen-bond donors (Lipinski definition) is 0. The Balaban J connectivity index is 1.39. The molecule has 0 spiro atoms. The second kappa shape index (κ2) is 10.1. The first kappa shape index (κ1) is 24.2. The van der Waals surface area contributed by atoms with Gasteiger partial charge in [0.2, 0.25) is 20.0 Å². The van der Waals surface area contributed by atoms with Crippen LogP contribution >= 0.6 is 0 Å². The molecule has 0 aromatic heterocycles. The lowest BCUT2D eigenvalue weighted by atomic mass is 10.2. The summed E-state index contributed by atoms with van der Waals surface area (Å²) in [5.41, 5.74) is 1.12. The molecule has 0 bridgehead atoms. The molecule has 2 aromatic carbocycles. The second-order valence-electron chi connectivity index (χ2n) is 8.47. The molecular formula is C23H31N3O5S2. The van der Waals surface area contributed by atoms with Crippen LogP contribution in [0.5, 0.6) is 5.75 Å². The monoisotopic (exact) mass is 493 g/mol. The Morgan fingerprint density at radius 1 is 0.727 bits per heavy atom. The van der Waals surface area contributed by atoms with E-state index >= 15 is 0 Å². The zero-order valence-corrected chi connectivity index (χ0v) is 20.5. The molecule has 10 heteroatoms. The van der Waals surface area contributed by atoms with E-state index in [2.05, 4.69) is 4.90 Å². The lowest BCUT2D eigenvalue weighted by Gasteiger charge is -2.34. The quantitative estimate of drug-likeness (QED) is 0.589. The lowest BCUT2D eigenvalue weighted by molar-refractivity contribution is 0.181. The molecule has 0 saturated carbocycles. The predicted molar refractivity (Wildman–Crippen MR) is 126 cm³/mol. The number of nitrogens with zero attached hydrogens (tertiary/aromatic N) is 3. The maximum Gasteiger partial charge on any atom is 0.243 e. The van der Waals surface area contributed by atoms with Gasteiger partial charge in [-0.25, -0.2) is 16.8 Å². The summed E-state index contributed by atoms with van der Waals surface area (Å²) in [4.78, 5) is 2.49. The fourth-order valence-electron chi connectivity index (χ4n) is 4.34. The van der Waals surface area contributed by atoms with Crippen molar-refractivity contribution < 1.29 is 21.6 Å². The third-order valence-corrected chi connectivity index (χ3v) is 10.1. The maximum absolute atomic E-state index is 13.1. The zero-order valence-electron chi connectivity index (χ0n) is 18.9. The Labute approximate surface area is 196 Å². The van der Waals surface area contributed by atoms with Crippen molar-refractivity contribution >= 4 is 20.0 Å². The number of sulfonamides is 2. The third-order valence-electron chi connectivity index (χ3n) is 6.29. The highest BCUT2D eigenvalue weighted by atomic mass is 32.2. The molecule has 0 atom stereocenters. The van der Waals surface area contributed by atoms with E-state index in [9.17, 15) is 16.8 Å². The van der Waals surface area contributed by atoms with E-state index in [1.807, 2.05) is 24.3 Å². The van der Waals surface area contributed by atoms with Gasteiger partial charge in [-0.3, -0.25) is 4.90 Å². The molecule has 2 heterocycles. The second-order valence-corrected chi connectivity index (χ2v) is 12.3. The summed E-state index contributed by atoms with van der Waals surface area (Å²) < 4.78 is 60.2. The van der Waals surface area contributed by atoms with Gasteiger partial charge in [0.15, 0.2) is 0 Å². The summed E-state index contributed by atoms with van der Waals surface area (Å²) in [7, 11) is -5.62. The average Bonchev–Trinajstić information content (AvgIpc) is 2.85. The maximum atomic E-state index is 13.1. The van der Waals surface area contributed by atoms with Gasteiger partial charge in [0.25, 0.3) is 0 Å². The number of piperazine rings is 1. The largest absolute Gasteiger partial charge is 0.497 e. The molecule has 2 aliphatic rings. The molecule has 2 fully saturated rings. The van der Waals surface area contributed by atoms with Crippen LogP contribution in [0.25, 0.3) is 0 Å². The number of ether oxygens (including phenoxy) is 1. The lowest BCUT2D eigenvalue weighted by Crippen LogP contribution is -2.48. The standard InChI is InChI=1S/C23H31N3O5S2/c1-31-21-7-5-6-20(18-21)19-24-14-16-26(17-15-24)33(29,30)23-10-8-22(9-11-23)32(27,28)25-12-3-2-4-13-25/h5-11,18H,2-4,12-17,19H2,1H3. The molecule has 0 amide bonds. The summed E-state index contributed by atoms with van der Waals surface area (Å²) in [6.45, 7) is 3.79. The molecule has 8 nitrogen and oxygen atoms in total. The van der Waals surface area contributed by atoms with Crippen LogP contribution in [0.4, 0.5) is 0 Å². The normalized spacial score (nSPS) is 19.4. The van der Waals surface area contributed by atoms with Crippen LogP contribution in [0, 0.1) is 0 Å². The molecule has 0 radical (unpaired) electrons. The van der Waals surface area contributed by atoms with Crippen molar-refractivity contribution in [1.29, 1.82) is 0 Å². The molecular weight excluding hydrogens is 462 g/mol. The van der Waals surface area contributed by atoms with Gasteiger partial charge in [-0.05, 0) is 54.8 Å². The Morgan fingerprint density at radius 3 is 1.82 bits per heavy atom. The van der Waals surface area contributed by atoms with Gasteiger partial charge < -0.3 is 4.74 Å². The number of piperidine rings is 1. The van der Waals surface area contributed by atoms with Crippen LogP contribution in [-0.4, -0.2) is 76.7 Å². The molecule has 2 aromatic rings. The fourth-order valence-corrected chi connectivity index (χ4v) is 7.28. The van der Waals surface area contributed by atoms with Gasteiger partial charge in [-0.2, -0.15) is 8.61 Å². The Morgan fingerprint density at radius 2 is 1.27 bits per heavy atom. The van der Waals surface area contributed by atoms with E-state index in [1.165, 1.54) is 32.9 Å². The van der Waals surface area contributed by atoms with Crippen molar-refractivity contribution in [2.24, 2.45) is 0 Å².